The molecule has 0 aromatic heterocycles. The monoisotopic (exact) mass is 505 g/mol. The summed E-state index contributed by atoms with van der Waals surface area (Å²) in [6.45, 7) is 5.11. The number of ether oxygens (including phenoxy) is 3. The van der Waals surface area contributed by atoms with Crippen LogP contribution in [0.15, 0.2) is 84.9 Å². The predicted octanol–water partition coefficient (Wildman–Crippen LogP) is 5.96. The van der Waals surface area contributed by atoms with Crippen molar-refractivity contribution in [2.75, 3.05) is 13.2 Å². The van der Waals surface area contributed by atoms with Gasteiger partial charge in [-0.3, -0.25) is 0 Å². The number of hydrogen-bond acceptors (Lipinski definition) is 5. The van der Waals surface area contributed by atoms with Gasteiger partial charge in [-0.15, -0.1) is 0 Å². The Morgan fingerprint density at radius 2 is 1.47 bits per heavy atom. The molecule has 0 saturated carbocycles. The number of carbonyl (C=O) groups is 1. The summed E-state index contributed by atoms with van der Waals surface area (Å²) < 4.78 is 16.9. The number of carbonyl (C=O) groups excluding carboxylic acids is 1. The standard InChI is InChI=1S/C30H35NO4S/c1-3-33-28(29(32)34-4-2)21-24-17-15-23(16-18-24)19-20-27(26-13-9-6-10-14-26)35-30(36)31-22-25-11-7-5-8-12-25/h5-18,27-28H,3-4,19-22H2,1-2H3,(H,31,36)/t27?,28-/m0/s1. The molecule has 0 aliphatic carbocycles. The Balaban J connectivity index is 1.58. The number of nitrogens with one attached hydrogen (secondary N) is 1. The van der Waals surface area contributed by atoms with E-state index in [1.807, 2.05) is 55.5 Å². The van der Waals surface area contributed by atoms with E-state index in [-0.39, 0.29) is 12.1 Å². The summed E-state index contributed by atoms with van der Waals surface area (Å²) in [6, 6.07) is 28.6. The zero-order chi connectivity index (χ0) is 25.6. The zero-order valence-electron chi connectivity index (χ0n) is 21.0. The summed E-state index contributed by atoms with van der Waals surface area (Å²) in [5.41, 5.74) is 4.46. The normalized spacial score (nSPS) is 12.4. The second kappa shape index (κ2) is 15.0. The van der Waals surface area contributed by atoms with Crippen molar-refractivity contribution in [3.05, 3.63) is 107 Å². The van der Waals surface area contributed by atoms with Crippen LogP contribution in [-0.4, -0.2) is 30.5 Å². The van der Waals surface area contributed by atoms with Gasteiger partial charge in [0.05, 0.1) is 6.61 Å². The summed E-state index contributed by atoms with van der Waals surface area (Å²) in [4.78, 5) is 12.2. The number of hydrogen-bond donors (Lipinski definition) is 1. The Morgan fingerprint density at radius 3 is 2.11 bits per heavy atom. The van der Waals surface area contributed by atoms with Crippen molar-refractivity contribution in [2.24, 2.45) is 0 Å². The summed E-state index contributed by atoms with van der Waals surface area (Å²) in [7, 11) is 0. The lowest BCUT2D eigenvalue weighted by molar-refractivity contribution is -0.156. The molecule has 0 fully saturated rings. The van der Waals surface area contributed by atoms with Crippen molar-refractivity contribution in [3.63, 3.8) is 0 Å². The third-order valence-corrected chi connectivity index (χ3v) is 6.00. The molecule has 3 aromatic carbocycles. The SMILES string of the molecule is CCOC(=O)[C@H](Cc1ccc(CCC(OC(=S)NCc2ccccc2)c2ccccc2)cc1)OCC. The summed E-state index contributed by atoms with van der Waals surface area (Å²) in [6.07, 6.45) is 1.35. The molecule has 0 spiro atoms. The Morgan fingerprint density at radius 1 is 0.833 bits per heavy atom. The van der Waals surface area contributed by atoms with Gasteiger partial charge in [0, 0.05) is 19.6 Å². The summed E-state index contributed by atoms with van der Waals surface area (Å²) in [5.74, 6) is -0.317. The van der Waals surface area contributed by atoms with Gasteiger partial charge in [0.15, 0.2) is 6.10 Å². The lowest BCUT2D eigenvalue weighted by Crippen LogP contribution is -2.29. The van der Waals surface area contributed by atoms with Crippen LogP contribution >= 0.6 is 12.2 Å². The Hall–Kier alpha value is -3.22. The molecule has 1 N–H and O–H groups in total. The van der Waals surface area contributed by atoms with E-state index in [0.29, 0.717) is 31.4 Å². The molecule has 0 aliphatic heterocycles. The maximum absolute atomic E-state index is 12.2. The van der Waals surface area contributed by atoms with E-state index < -0.39 is 6.10 Å². The van der Waals surface area contributed by atoms with Crippen molar-refractivity contribution in [2.45, 2.75) is 51.9 Å². The van der Waals surface area contributed by atoms with Gasteiger partial charge >= 0.3 is 5.97 Å². The van der Waals surface area contributed by atoms with E-state index in [4.69, 9.17) is 26.4 Å². The van der Waals surface area contributed by atoms with Crippen LogP contribution in [0.4, 0.5) is 0 Å². The average Bonchev–Trinajstić information content (AvgIpc) is 2.91. The number of aryl methyl sites for hydroxylation is 1. The highest BCUT2D eigenvalue weighted by molar-refractivity contribution is 7.80. The van der Waals surface area contributed by atoms with E-state index in [1.54, 1.807) is 6.92 Å². The Bertz CT molecular complexity index is 1060. The molecule has 0 heterocycles. The molecule has 190 valence electrons. The predicted molar refractivity (Wildman–Crippen MR) is 147 cm³/mol. The highest BCUT2D eigenvalue weighted by Crippen LogP contribution is 2.24. The summed E-state index contributed by atoms with van der Waals surface area (Å²) >= 11 is 5.50. The van der Waals surface area contributed by atoms with Crippen molar-refractivity contribution in [3.8, 4) is 0 Å². The van der Waals surface area contributed by atoms with Crippen LogP contribution in [-0.2, 0) is 38.4 Å². The first-order chi connectivity index (χ1) is 17.6. The molecular formula is C30H35NO4S. The summed E-state index contributed by atoms with van der Waals surface area (Å²) in [5, 5.41) is 3.60. The first-order valence-electron chi connectivity index (χ1n) is 12.5. The molecule has 0 amide bonds. The molecular weight excluding hydrogens is 470 g/mol. The Labute approximate surface area is 219 Å². The minimum atomic E-state index is -0.582. The lowest BCUT2D eigenvalue weighted by atomic mass is 9.99. The molecule has 0 aliphatic rings. The fourth-order valence-electron chi connectivity index (χ4n) is 3.90. The fraction of sp³-hybridized carbons (Fsp3) is 0.333. The van der Waals surface area contributed by atoms with Crippen molar-refractivity contribution >= 4 is 23.4 Å². The van der Waals surface area contributed by atoms with E-state index in [1.165, 1.54) is 5.56 Å². The highest BCUT2D eigenvalue weighted by atomic mass is 32.1. The molecule has 3 aromatic rings. The van der Waals surface area contributed by atoms with Gasteiger partial charge in [-0.25, -0.2) is 4.79 Å². The first-order valence-corrected chi connectivity index (χ1v) is 12.9. The van der Waals surface area contributed by atoms with Crippen LogP contribution < -0.4 is 5.32 Å². The molecule has 0 bridgehead atoms. The topological polar surface area (TPSA) is 56.8 Å². The number of rotatable bonds is 13. The van der Waals surface area contributed by atoms with Crippen molar-refractivity contribution in [1.82, 2.24) is 5.32 Å². The van der Waals surface area contributed by atoms with Gasteiger partial charge in [0.2, 0.25) is 0 Å². The number of benzene rings is 3. The number of esters is 1. The third-order valence-electron chi connectivity index (χ3n) is 5.76. The van der Waals surface area contributed by atoms with E-state index >= 15 is 0 Å². The third kappa shape index (κ3) is 9.10. The van der Waals surface area contributed by atoms with Crippen LogP contribution in [0.25, 0.3) is 0 Å². The van der Waals surface area contributed by atoms with E-state index in [9.17, 15) is 4.79 Å². The van der Waals surface area contributed by atoms with Crippen LogP contribution in [0.2, 0.25) is 0 Å². The largest absolute Gasteiger partial charge is 0.464 e. The van der Waals surface area contributed by atoms with Crippen molar-refractivity contribution < 1.29 is 19.0 Å². The van der Waals surface area contributed by atoms with Gasteiger partial charge in [-0.05, 0) is 61.2 Å². The van der Waals surface area contributed by atoms with E-state index in [0.717, 1.165) is 29.5 Å². The zero-order valence-corrected chi connectivity index (χ0v) is 21.8. The van der Waals surface area contributed by atoms with Crippen LogP contribution in [0.5, 0.6) is 0 Å². The second-order valence-corrected chi connectivity index (χ2v) is 8.77. The fourth-order valence-corrected chi connectivity index (χ4v) is 4.09. The quantitative estimate of drug-likeness (QED) is 0.228. The minimum Gasteiger partial charge on any atom is -0.464 e. The smallest absolute Gasteiger partial charge is 0.335 e. The molecule has 5 nitrogen and oxygen atoms in total. The van der Waals surface area contributed by atoms with Gasteiger partial charge in [-0.1, -0.05) is 84.9 Å². The molecule has 36 heavy (non-hydrogen) atoms. The van der Waals surface area contributed by atoms with Crippen molar-refractivity contribution in [1.29, 1.82) is 0 Å². The molecule has 1 unspecified atom stereocenters. The van der Waals surface area contributed by atoms with Gasteiger partial charge in [-0.2, -0.15) is 0 Å². The first kappa shape index (κ1) is 27.4. The highest BCUT2D eigenvalue weighted by Gasteiger charge is 2.20. The molecule has 2 atom stereocenters. The van der Waals surface area contributed by atoms with Crippen LogP contribution in [0, 0.1) is 0 Å². The second-order valence-electron chi connectivity index (χ2n) is 8.40. The van der Waals surface area contributed by atoms with E-state index in [2.05, 4.69) is 41.7 Å². The lowest BCUT2D eigenvalue weighted by Gasteiger charge is -2.21. The maximum Gasteiger partial charge on any atom is 0.335 e. The Kier molecular flexibility index (Phi) is 11.4. The molecule has 0 saturated heterocycles. The minimum absolute atomic E-state index is 0.159. The average molecular weight is 506 g/mol. The molecule has 3 rings (SSSR count). The van der Waals surface area contributed by atoms with Crippen LogP contribution in [0.1, 0.15) is 48.6 Å². The van der Waals surface area contributed by atoms with Gasteiger partial charge in [0.25, 0.3) is 5.17 Å². The number of thiocarbonyl (C=S) groups is 1. The van der Waals surface area contributed by atoms with Gasteiger partial charge < -0.3 is 19.5 Å². The van der Waals surface area contributed by atoms with Gasteiger partial charge in [0.1, 0.15) is 6.10 Å². The molecule has 0 radical (unpaired) electrons. The van der Waals surface area contributed by atoms with Crippen LogP contribution in [0.3, 0.4) is 0 Å². The molecule has 6 heteroatoms. The maximum atomic E-state index is 12.2.